The third-order valence-corrected chi connectivity index (χ3v) is 6.22. The van der Waals surface area contributed by atoms with Crippen molar-refractivity contribution in [2.24, 2.45) is 0 Å². The molecule has 0 bridgehead atoms. The summed E-state index contributed by atoms with van der Waals surface area (Å²) in [6, 6.07) is 5.34. The van der Waals surface area contributed by atoms with E-state index in [0.717, 1.165) is 10.4 Å². The molecule has 0 amide bonds. The summed E-state index contributed by atoms with van der Waals surface area (Å²) < 4.78 is 28.3. The molecule has 21 heavy (non-hydrogen) atoms. The molecule has 0 saturated carbocycles. The fraction of sp³-hybridized carbons (Fsp3) is 0.286. The van der Waals surface area contributed by atoms with E-state index in [1.165, 1.54) is 11.3 Å². The van der Waals surface area contributed by atoms with Gasteiger partial charge in [0, 0.05) is 17.1 Å². The molecule has 114 valence electrons. The van der Waals surface area contributed by atoms with E-state index in [0.29, 0.717) is 21.2 Å². The number of rotatable bonds is 4. The maximum Gasteiger partial charge on any atom is 0.241 e. The van der Waals surface area contributed by atoms with Crippen molar-refractivity contribution in [1.82, 2.24) is 4.72 Å². The number of sulfonamides is 1. The highest BCUT2D eigenvalue weighted by molar-refractivity contribution is 7.89. The van der Waals surface area contributed by atoms with Gasteiger partial charge in [0.25, 0.3) is 0 Å². The van der Waals surface area contributed by atoms with Gasteiger partial charge in [0.1, 0.15) is 0 Å². The molecule has 0 fully saturated rings. The minimum Gasteiger partial charge on any atom is -0.398 e. The number of hydrogen-bond acceptors (Lipinski definition) is 4. The summed E-state index contributed by atoms with van der Waals surface area (Å²) in [6.45, 7) is 5.58. The van der Waals surface area contributed by atoms with Crippen molar-refractivity contribution in [1.29, 1.82) is 0 Å². The van der Waals surface area contributed by atoms with Gasteiger partial charge in [0.2, 0.25) is 10.0 Å². The minimum absolute atomic E-state index is 0.215. The molecule has 0 saturated heterocycles. The normalized spacial score (nSPS) is 11.8. The van der Waals surface area contributed by atoms with Crippen molar-refractivity contribution in [2.75, 3.05) is 5.73 Å². The van der Waals surface area contributed by atoms with Crippen LogP contribution in [0.2, 0.25) is 4.34 Å². The molecule has 0 aliphatic rings. The zero-order chi connectivity index (χ0) is 15.8. The lowest BCUT2D eigenvalue weighted by molar-refractivity contribution is 0.580. The third-order valence-electron chi connectivity index (χ3n) is 3.29. The lowest BCUT2D eigenvalue weighted by atomic mass is 10.1. The molecule has 1 aromatic heterocycles. The summed E-state index contributed by atoms with van der Waals surface area (Å²) in [5.74, 6) is 0. The van der Waals surface area contributed by atoms with Crippen molar-refractivity contribution in [2.45, 2.75) is 32.2 Å². The molecular formula is C14H17ClN2O2S2. The molecule has 0 radical (unpaired) electrons. The van der Waals surface area contributed by atoms with Gasteiger partial charge in [-0.3, -0.25) is 0 Å². The van der Waals surface area contributed by atoms with Crippen LogP contribution in [0.1, 0.15) is 21.6 Å². The molecule has 0 aliphatic carbocycles. The monoisotopic (exact) mass is 344 g/mol. The number of anilines is 1. The van der Waals surface area contributed by atoms with Gasteiger partial charge >= 0.3 is 0 Å². The van der Waals surface area contributed by atoms with Crippen LogP contribution in [0.15, 0.2) is 23.1 Å². The van der Waals surface area contributed by atoms with Crippen molar-refractivity contribution in [3.05, 3.63) is 44.1 Å². The summed E-state index contributed by atoms with van der Waals surface area (Å²) in [5, 5.41) is 0. The average Bonchev–Trinajstić information content (AvgIpc) is 2.79. The molecule has 7 heteroatoms. The number of thiophene rings is 1. The van der Waals surface area contributed by atoms with E-state index in [1.54, 1.807) is 32.0 Å². The number of nitrogens with two attached hydrogens (primary N) is 1. The van der Waals surface area contributed by atoms with Crippen LogP contribution in [-0.2, 0) is 16.6 Å². The number of halogens is 1. The maximum absolute atomic E-state index is 12.5. The van der Waals surface area contributed by atoms with E-state index in [9.17, 15) is 8.42 Å². The lowest BCUT2D eigenvalue weighted by Crippen LogP contribution is -2.25. The number of hydrogen-bond donors (Lipinski definition) is 2. The molecule has 0 unspecified atom stereocenters. The van der Waals surface area contributed by atoms with Crippen LogP contribution in [0.5, 0.6) is 0 Å². The Morgan fingerprint density at radius 1 is 1.24 bits per heavy atom. The molecule has 0 atom stereocenters. The second-order valence-electron chi connectivity index (χ2n) is 4.91. The topological polar surface area (TPSA) is 72.2 Å². The second-order valence-corrected chi connectivity index (χ2v) is 8.41. The molecule has 0 spiro atoms. The van der Waals surface area contributed by atoms with Crippen LogP contribution >= 0.6 is 22.9 Å². The van der Waals surface area contributed by atoms with Crippen LogP contribution in [0.4, 0.5) is 5.69 Å². The smallest absolute Gasteiger partial charge is 0.241 e. The van der Waals surface area contributed by atoms with E-state index >= 15 is 0 Å². The summed E-state index contributed by atoms with van der Waals surface area (Å²) in [5.41, 5.74) is 8.63. The van der Waals surface area contributed by atoms with Crippen LogP contribution < -0.4 is 10.5 Å². The fourth-order valence-corrected chi connectivity index (χ4v) is 4.88. The van der Waals surface area contributed by atoms with Crippen molar-refractivity contribution < 1.29 is 8.42 Å². The summed E-state index contributed by atoms with van der Waals surface area (Å²) in [7, 11) is -3.62. The first-order valence-electron chi connectivity index (χ1n) is 6.32. The predicted molar refractivity (Wildman–Crippen MR) is 88.4 cm³/mol. The molecule has 2 aromatic rings. The predicted octanol–water partition coefficient (Wildman–Crippen LogP) is 3.39. The van der Waals surface area contributed by atoms with Gasteiger partial charge in [-0.15, -0.1) is 11.3 Å². The van der Waals surface area contributed by atoms with Crippen LogP contribution in [-0.4, -0.2) is 8.42 Å². The Morgan fingerprint density at radius 2 is 1.90 bits per heavy atom. The average molecular weight is 345 g/mol. The molecule has 2 rings (SSSR count). The minimum atomic E-state index is -3.62. The SMILES string of the molecule is Cc1cc(C)c(S(=O)(=O)NCc2ccc(Cl)s2)c(C)c1N. The van der Waals surface area contributed by atoms with Crippen molar-refractivity contribution >= 4 is 38.6 Å². The Bertz CT molecular complexity index is 783. The van der Waals surface area contributed by atoms with Crippen molar-refractivity contribution in [3.63, 3.8) is 0 Å². The Balaban J connectivity index is 2.34. The van der Waals surface area contributed by atoms with Crippen LogP contribution in [0.3, 0.4) is 0 Å². The first-order chi connectivity index (χ1) is 9.72. The number of benzene rings is 1. The van der Waals surface area contributed by atoms with E-state index in [2.05, 4.69) is 4.72 Å². The summed E-state index contributed by atoms with van der Waals surface area (Å²) >= 11 is 7.19. The third kappa shape index (κ3) is 3.40. The van der Waals surface area contributed by atoms with Gasteiger partial charge in [-0.1, -0.05) is 17.7 Å². The highest BCUT2D eigenvalue weighted by atomic mass is 35.5. The van der Waals surface area contributed by atoms with E-state index < -0.39 is 10.0 Å². The number of nitrogens with one attached hydrogen (secondary N) is 1. The van der Waals surface area contributed by atoms with E-state index in [-0.39, 0.29) is 11.4 Å². The standard InChI is InChI=1S/C14H17ClN2O2S2/c1-8-6-9(2)14(10(3)13(8)16)21(18,19)17-7-11-4-5-12(15)20-11/h4-6,17H,7,16H2,1-3H3. The first kappa shape index (κ1) is 16.3. The molecule has 0 aliphatic heterocycles. The first-order valence-corrected chi connectivity index (χ1v) is 9.00. The number of nitrogen functional groups attached to an aromatic ring is 1. The van der Waals surface area contributed by atoms with Gasteiger partial charge in [-0.2, -0.15) is 0 Å². The lowest BCUT2D eigenvalue weighted by Gasteiger charge is -2.15. The van der Waals surface area contributed by atoms with Crippen LogP contribution in [0, 0.1) is 20.8 Å². The highest BCUT2D eigenvalue weighted by Gasteiger charge is 2.21. The van der Waals surface area contributed by atoms with E-state index in [4.69, 9.17) is 17.3 Å². The fourth-order valence-electron chi connectivity index (χ4n) is 2.28. The summed E-state index contributed by atoms with van der Waals surface area (Å²) in [6.07, 6.45) is 0. The Morgan fingerprint density at radius 3 is 2.48 bits per heavy atom. The Labute approximate surface area is 134 Å². The zero-order valence-corrected chi connectivity index (χ0v) is 14.4. The quantitative estimate of drug-likeness (QED) is 0.835. The number of aryl methyl sites for hydroxylation is 2. The van der Waals surface area contributed by atoms with Gasteiger partial charge in [0.05, 0.1) is 9.23 Å². The Kier molecular flexibility index (Phi) is 4.63. The van der Waals surface area contributed by atoms with Crippen LogP contribution in [0.25, 0.3) is 0 Å². The summed E-state index contributed by atoms with van der Waals surface area (Å²) in [4.78, 5) is 1.12. The molecule has 3 N–H and O–H groups in total. The van der Waals surface area contributed by atoms with Gasteiger partial charge in [-0.05, 0) is 49.6 Å². The molecule has 1 aromatic carbocycles. The molecule has 1 heterocycles. The van der Waals surface area contributed by atoms with E-state index in [1.807, 2.05) is 6.92 Å². The molecule has 4 nitrogen and oxygen atoms in total. The molecular weight excluding hydrogens is 328 g/mol. The second kappa shape index (κ2) is 5.96. The highest BCUT2D eigenvalue weighted by Crippen LogP contribution is 2.28. The Hall–Kier alpha value is -1.08. The van der Waals surface area contributed by atoms with Gasteiger partial charge in [0.15, 0.2) is 0 Å². The van der Waals surface area contributed by atoms with Gasteiger partial charge < -0.3 is 5.73 Å². The van der Waals surface area contributed by atoms with Gasteiger partial charge in [-0.25, -0.2) is 13.1 Å². The maximum atomic E-state index is 12.5. The zero-order valence-electron chi connectivity index (χ0n) is 12.0. The van der Waals surface area contributed by atoms with Crippen molar-refractivity contribution in [3.8, 4) is 0 Å². The largest absolute Gasteiger partial charge is 0.398 e.